The summed E-state index contributed by atoms with van der Waals surface area (Å²) in [6, 6.07) is 2.40. The Morgan fingerprint density at radius 2 is 2.31 bits per heavy atom. The van der Waals surface area contributed by atoms with Gasteiger partial charge in [-0.2, -0.15) is 0 Å². The molecule has 13 heavy (non-hydrogen) atoms. The maximum Gasteiger partial charge on any atom is 0.132 e. The quantitative estimate of drug-likeness (QED) is 0.730. The number of aryl methyl sites for hydroxylation is 1. The van der Waals surface area contributed by atoms with E-state index in [9.17, 15) is 0 Å². The minimum absolute atomic E-state index is 0.551. The molecule has 2 rings (SSSR count). The zero-order chi connectivity index (χ0) is 9.26. The van der Waals surface area contributed by atoms with E-state index in [0.29, 0.717) is 11.9 Å². The van der Waals surface area contributed by atoms with Crippen molar-refractivity contribution in [1.82, 2.24) is 9.97 Å². The van der Waals surface area contributed by atoms with Gasteiger partial charge in [-0.25, -0.2) is 9.97 Å². The highest BCUT2D eigenvalue weighted by Crippen LogP contribution is 2.24. The van der Waals surface area contributed by atoms with E-state index >= 15 is 0 Å². The fourth-order valence-corrected chi connectivity index (χ4v) is 1.19. The van der Waals surface area contributed by atoms with E-state index in [0.717, 1.165) is 18.1 Å². The summed E-state index contributed by atoms with van der Waals surface area (Å²) in [6.07, 6.45) is 3.31. The molecule has 0 amide bonds. The van der Waals surface area contributed by atoms with Crippen molar-refractivity contribution < 1.29 is 0 Å². The molecule has 1 heterocycles. The second-order valence-corrected chi connectivity index (χ2v) is 3.37. The number of hydrogen-bond donors (Lipinski definition) is 2. The molecule has 0 saturated heterocycles. The lowest BCUT2D eigenvalue weighted by molar-refractivity contribution is 0.937. The molecule has 70 valence electrons. The van der Waals surface area contributed by atoms with Gasteiger partial charge in [0.1, 0.15) is 17.5 Å². The third-order valence-electron chi connectivity index (χ3n) is 2.04. The van der Waals surface area contributed by atoms with Crippen LogP contribution in [0.2, 0.25) is 0 Å². The van der Waals surface area contributed by atoms with E-state index < -0.39 is 0 Å². The molecule has 1 fully saturated rings. The largest absolute Gasteiger partial charge is 0.384 e. The van der Waals surface area contributed by atoms with E-state index in [-0.39, 0.29) is 0 Å². The number of aromatic nitrogens is 2. The van der Waals surface area contributed by atoms with Crippen molar-refractivity contribution in [3.63, 3.8) is 0 Å². The fourth-order valence-electron chi connectivity index (χ4n) is 1.19. The summed E-state index contributed by atoms with van der Waals surface area (Å²) in [4.78, 5) is 8.44. The number of nitrogens with two attached hydrogens (primary N) is 1. The zero-order valence-corrected chi connectivity index (χ0v) is 7.75. The average Bonchev–Trinajstić information content (AvgIpc) is 2.87. The summed E-state index contributed by atoms with van der Waals surface area (Å²) in [5, 5.41) is 3.30. The van der Waals surface area contributed by atoms with Crippen LogP contribution >= 0.6 is 0 Å². The monoisotopic (exact) mass is 178 g/mol. The molecule has 1 aliphatic rings. The molecule has 1 aliphatic carbocycles. The molecular weight excluding hydrogens is 164 g/mol. The van der Waals surface area contributed by atoms with Gasteiger partial charge in [-0.3, -0.25) is 0 Å². The molecule has 4 heteroatoms. The highest BCUT2D eigenvalue weighted by atomic mass is 15.1. The Kier molecular flexibility index (Phi) is 2.04. The third-order valence-corrected chi connectivity index (χ3v) is 2.04. The van der Waals surface area contributed by atoms with Gasteiger partial charge in [0.05, 0.1) is 0 Å². The fraction of sp³-hybridized carbons (Fsp3) is 0.556. The van der Waals surface area contributed by atoms with Crippen LogP contribution in [-0.2, 0) is 6.42 Å². The van der Waals surface area contributed by atoms with Crippen LogP contribution in [0.4, 0.5) is 11.6 Å². The third kappa shape index (κ3) is 2.08. The highest BCUT2D eigenvalue weighted by molar-refractivity contribution is 5.45. The number of nitrogens with one attached hydrogen (secondary N) is 1. The maximum absolute atomic E-state index is 5.64. The number of rotatable bonds is 3. The van der Waals surface area contributed by atoms with Crippen LogP contribution in [0.25, 0.3) is 0 Å². The standard InChI is InChI=1S/C9H14N4/c1-2-8-12-7(10)5-9(13-8)11-6-3-4-6/h5-6H,2-4H2,1H3,(H3,10,11,12,13). The van der Waals surface area contributed by atoms with E-state index in [1.54, 1.807) is 6.07 Å². The van der Waals surface area contributed by atoms with E-state index in [4.69, 9.17) is 5.73 Å². The van der Waals surface area contributed by atoms with Crippen molar-refractivity contribution >= 4 is 11.6 Å². The molecule has 0 unspecified atom stereocenters. The average molecular weight is 178 g/mol. The normalized spacial score (nSPS) is 15.8. The second-order valence-electron chi connectivity index (χ2n) is 3.37. The molecule has 1 aromatic heterocycles. The van der Waals surface area contributed by atoms with Gasteiger partial charge in [0.2, 0.25) is 0 Å². The summed E-state index contributed by atoms with van der Waals surface area (Å²) >= 11 is 0. The predicted octanol–water partition coefficient (Wildman–Crippen LogP) is 1.20. The Hall–Kier alpha value is -1.32. The lowest BCUT2D eigenvalue weighted by Gasteiger charge is -2.05. The Balaban J connectivity index is 2.17. The summed E-state index contributed by atoms with van der Waals surface area (Å²) in [5.41, 5.74) is 5.64. The van der Waals surface area contributed by atoms with Crippen LogP contribution in [0, 0.1) is 0 Å². The summed E-state index contributed by atoms with van der Waals surface area (Å²) in [7, 11) is 0. The van der Waals surface area contributed by atoms with Gasteiger partial charge in [-0.15, -0.1) is 0 Å². The van der Waals surface area contributed by atoms with Crippen LogP contribution in [0.5, 0.6) is 0 Å². The number of anilines is 2. The number of nitrogen functional groups attached to an aromatic ring is 1. The topological polar surface area (TPSA) is 63.8 Å². The first kappa shape index (κ1) is 8.29. The maximum atomic E-state index is 5.64. The summed E-state index contributed by atoms with van der Waals surface area (Å²) < 4.78 is 0. The SMILES string of the molecule is CCc1nc(N)cc(NC2CC2)n1. The lowest BCUT2D eigenvalue weighted by atomic mass is 10.4. The first-order valence-electron chi connectivity index (χ1n) is 4.68. The first-order valence-corrected chi connectivity index (χ1v) is 4.68. The van der Waals surface area contributed by atoms with Crippen LogP contribution in [-0.4, -0.2) is 16.0 Å². The predicted molar refractivity (Wildman–Crippen MR) is 52.5 cm³/mol. The van der Waals surface area contributed by atoms with Crippen LogP contribution in [0.1, 0.15) is 25.6 Å². The number of nitrogens with zero attached hydrogens (tertiary/aromatic N) is 2. The van der Waals surface area contributed by atoms with Gasteiger partial charge in [0.15, 0.2) is 0 Å². The molecule has 1 saturated carbocycles. The van der Waals surface area contributed by atoms with Crippen molar-refractivity contribution in [2.75, 3.05) is 11.1 Å². The Morgan fingerprint density at radius 1 is 1.54 bits per heavy atom. The second kappa shape index (κ2) is 3.20. The first-order chi connectivity index (χ1) is 6.28. The van der Waals surface area contributed by atoms with E-state index in [2.05, 4.69) is 15.3 Å². The molecule has 0 aromatic carbocycles. The highest BCUT2D eigenvalue weighted by Gasteiger charge is 2.21. The van der Waals surface area contributed by atoms with Gasteiger partial charge in [-0.05, 0) is 12.8 Å². The van der Waals surface area contributed by atoms with Crippen LogP contribution in [0.15, 0.2) is 6.07 Å². The zero-order valence-electron chi connectivity index (χ0n) is 7.75. The van der Waals surface area contributed by atoms with Crippen molar-refractivity contribution in [3.8, 4) is 0 Å². The molecule has 0 atom stereocenters. The van der Waals surface area contributed by atoms with Crippen molar-refractivity contribution in [2.45, 2.75) is 32.2 Å². The van der Waals surface area contributed by atoms with Gasteiger partial charge < -0.3 is 11.1 Å². The van der Waals surface area contributed by atoms with Crippen LogP contribution < -0.4 is 11.1 Å². The van der Waals surface area contributed by atoms with Crippen LogP contribution in [0.3, 0.4) is 0 Å². The molecule has 4 nitrogen and oxygen atoms in total. The van der Waals surface area contributed by atoms with Crippen molar-refractivity contribution in [3.05, 3.63) is 11.9 Å². The lowest BCUT2D eigenvalue weighted by Crippen LogP contribution is -2.07. The van der Waals surface area contributed by atoms with Crippen molar-refractivity contribution in [2.24, 2.45) is 0 Å². The minimum atomic E-state index is 0.551. The van der Waals surface area contributed by atoms with Gasteiger partial charge in [-0.1, -0.05) is 6.92 Å². The Labute approximate surface area is 77.6 Å². The molecule has 0 aliphatic heterocycles. The molecule has 0 bridgehead atoms. The molecular formula is C9H14N4. The Bertz CT molecular complexity index is 306. The smallest absolute Gasteiger partial charge is 0.132 e. The number of hydrogen-bond acceptors (Lipinski definition) is 4. The minimum Gasteiger partial charge on any atom is -0.384 e. The summed E-state index contributed by atoms with van der Waals surface area (Å²) in [5.74, 6) is 2.23. The Morgan fingerprint density at radius 3 is 2.92 bits per heavy atom. The molecule has 3 N–H and O–H groups in total. The van der Waals surface area contributed by atoms with E-state index in [1.165, 1.54) is 12.8 Å². The molecule has 0 spiro atoms. The van der Waals surface area contributed by atoms with E-state index in [1.807, 2.05) is 6.92 Å². The van der Waals surface area contributed by atoms with Gasteiger partial charge in [0.25, 0.3) is 0 Å². The summed E-state index contributed by atoms with van der Waals surface area (Å²) in [6.45, 7) is 2.02. The molecule has 1 aromatic rings. The van der Waals surface area contributed by atoms with Gasteiger partial charge >= 0.3 is 0 Å². The molecule has 0 radical (unpaired) electrons. The van der Waals surface area contributed by atoms with Crippen molar-refractivity contribution in [1.29, 1.82) is 0 Å². The van der Waals surface area contributed by atoms with Gasteiger partial charge in [0, 0.05) is 18.5 Å².